The maximum Gasteiger partial charge on any atom is 0.233 e. The van der Waals surface area contributed by atoms with E-state index in [2.05, 4.69) is 32.9 Å². The Kier molecular flexibility index (Phi) is 5.43. The molecule has 2 aromatic rings. The Morgan fingerprint density at radius 1 is 1.24 bits per heavy atom. The molecule has 3 N–H and O–H groups in total. The molecule has 2 fully saturated rings. The molecule has 0 unspecified atom stereocenters. The summed E-state index contributed by atoms with van der Waals surface area (Å²) in [4.78, 5) is 24.7. The van der Waals surface area contributed by atoms with E-state index in [1.54, 1.807) is 6.07 Å². The lowest BCUT2D eigenvalue weighted by Crippen LogP contribution is -2.38. The van der Waals surface area contributed by atoms with E-state index in [9.17, 15) is 9.59 Å². The topological polar surface area (TPSA) is 113 Å². The summed E-state index contributed by atoms with van der Waals surface area (Å²) in [5.74, 6) is 1.51. The fourth-order valence-corrected chi connectivity index (χ4v) is 4.04. The Hall–Kier alpha value is -2.64. The third-order valence-corrected chi connectivity index (χ3v) is 6.08. The Bertz CT molecular complexity index is 883. The van der Waals surface area contributed by atoms with Gasteiger partial charge in [-0.1, -0.05) is 11.6 Å². The van der Waals surface area contributed by atoms with Crippen molar-refractivity contribution in [3.05, 3.63) is 29.3 Å². The van der Waals surface area contributed by atoms with Gasteiger partial charge in [0.2, 0.25) is 11.8 Å². The van der Waals surface area contributed by atoms with Crippen molar-refractivity contribution in [1.29, 1.82) is 0 Å². The summed E-state index contributed by atoms with van der Waals surface area (Å²) in [5, 5.41) is 17.1. The third-order valence-electron chi connectivity index (χ3n) is 6.08. The molecule has 0 spiro atoms. The smallest absolute Gasteiger partial charge is 0.233 e. The number of aromatic amines is 1. The summed E-state index contributed by atoms with van der Waals surface area (Å²) in [5.41, 5.74) is 1.82. The highest BCUT2D eigenvalue weighted by Gasteiger charge is 2.40. The van der Waals surface area contributed by atoms with Crippen LogP contribution in [0.25, 0.3) is 0 Å². The van der Waals surface area contributed by atoms with E-state index in [0.717, 1.165) is 56.3 Å². The van der Waals surface area contributed by atoms with Crippen LogP contribution in [0.4, 0.5) is 5.82 Å². The molecule has 156 valence electrons. The molecule has 2 saturated carbocycles. The number of hydrogen-bond acceptors (Lipinski definition) is 5. The molecule has 0 radical (unpaired) electrons. The van der Waals surface area contributed by atoms with Gasteiger partial charge < -0.3 is 15.2 Å². The number of carbonyl (C=O) groups excluding carboxylic acids is 2. The number of rotatable bonds is 6. The van der Waals surface area contributed by atoms with E-state index in [-0.39, 0.29) is 29.7 Å². The second-order valence-electron chi connectivity index (χ2n) is 8.82. The van der Waals surface area contributed by atoms with Crippen molar-refractivity contribution in [2.75, 3.05) is 5.32 Å². The van der Waals surface area contributed by atoms with Gasteiger partial charge >= 0.3 is 0 Å². The van der Waals surface area contributed by atoms with Gasteiger partial charge in [-0.15, -0.1) is 0 Å². The number of hydrogen-bond donors (Lipinski definition) is 3. The zero-order valence-electron chi connectivity index (χ0n) is 17.1. The number of anilines is 1. The highest BCUT2D eigenvalue weighted by atomic mass is 16.5. The van der Waals surface area contributed by atoms with Crippen LogP contribution in [0.2, 0.25) is 0 Å². The van der Waals surface area contributed by atoms with Gasteiger partial charge in [-0.3, -0.25) is 14.7 Å². The average Bonchev–Trinajstić information content (AvgIpc) is 3.11. The van der Waals surface area contributed by atoms with Crippen LogP contribution in [0.5, 0.6) is 0 Å². The third kappa shape index (κ3) is 5.05. The van der Waals surface area contributed by atoms with Crippen molar-refractivity contribution in [3.8, 4) is 0 Å². The van der Waals surface area contributed by atoms with Crippen molar-refractivity contribution in [3.63, 3.8) is 0 Å². The minimum absolute atomic E-state index is 0.0453. The molecule has 2 aliphatic rings. The summed E-state index contributed by atoms with van der Waals surface area (Å²) in [6.07, 6.45) is 7.12. The normalized spacial score (nSPS) is 23.2. The first-order valence-corrected chi connectivity index (χ1v) is 10.5. The summed E-state index contributed by atoms with van der Waals surface area (Å²) >= 11 is 0. The van der Waals surface area contributed by atoms with Gasteiger partial charge in [0.25, 0.3) is 0 Å². The number of nitrogens with one attached hydrogen (secondary N) is 3. The minimum Gasteiger partial charge on any atom is -0.361 e. The molecular weight excluding hydrogens is 370 g/mol. The Morgan fingerprint density at radius 3 is 2.79 bits per heavy atom. The van der Waals surface area contributed by atoms with Crippen LogP contribution in [-0.2, 0) is 16.0 Å². The van der Waals surface area contributed by atoms with Crippen LogP contribution < -0.4 is 10.6 Å². The number of carbonyl (C=O) groups is 2. The van der Waals surface area contributed by atoms with Gasteiger partial charge in [0.05, 0.1) is 12.1 Å². The van der Waals surface area contributed by atoms with Gasteiger partial charge in [-0.05, 0) is 52.4 Å². The van der Waals surface area contributed by atoms with E-state index in [4.69, 9.17) is 4.52 Å². The SMILES string of the molecule is Cc1cc(CC(=O)Nc2cc([C@@H]3CCC[C@H](C(=O)NC4(C)CC4)CC3)[nH]n2)on1. The lowest BCUT2D eigenvalue weighted by atomic mass is 9.95. The number of H-pyrrole nitrogens is 1. The quantitative estimate of drug-likeness (QED) is 0.646. The zero-order valence-corrected chi connectivity index (χ0v) is 17.1. The molecule has 0 aromatic carbocycles. The summed E-state index contributed by atoms with van der Waals surface area (Å²) in [7, 11) is 0. The lowest BCUT2D eigenvalue weighted by Gasteiger charge is -2.18. The van der Waals surface area contributed by atoms with E-state index >= 15 is 0 Å². The minimum atomic E-state index is -0.189. The van der Waals surface area contributed by atoms with Gasteiger partial charge in [-0.25, -0.2) is 0 Å². The molecule has 0 saturated heterocycles. The van der Waals surface area contributed by atoms with Crippen LogP contribution >= 0.6 is 0 Å². The number of amides is 2. The number of nitrogens with zero attached hydrogens (tertiary/aromatic N) is 2. The van der Waals surface area contributed by atoms with E-state index in [0.29, 0.717) is 17.5 Å². The van der Waals surface area contributed by atoms with Crippen LogP contribution in [-0.4, -0.2) is 32.7 Å². The molecule has 29 heavy (non-hydrogen) atoms. The van der Waals surface area contributed by atoms with Crippen LogP contribution in [0.15, 0.2) is 16.7 Å². The predicted molar refractivity (Wildman–Crippen MR) is 107 cm³/mol. The summed E-state index contributed by atoms with van der Waals surface area (Å²) in [6.45, 7) is 3.94. The number of aromatic nitrogens is 3. The second-order valence-corrected chi connectivity index (χ2v) is 8.82. The first-order chi connectivity index (χ1) is 13.9. The average molecular weight is 399 g/mol. The van der Waals surface area contributed by atoms with Crippen LogP contribution in [0.1, 0.15) is 74.9 Å². The maximum atomic E-state index is 12.5. The molecule has 0 bridgehead atoms. The van der Waals surface area contributed by atoms with Gasteiger partial charge in [0.1, 0.15) is 5.76 Å². The van der Waals surface area contributed by atoms with Crippen LogP contribution in [0.3, 0.4) is 0 Å². The van der Waals surface area contributed by atoms with Gasteiger partial charge in [0, 0.05) is 35.2 Å². The molecule has 0 aliphatic heterocycles. The van der Waals surface area contributed by atoms with Gasteiger partial charge in [0.15, 0.2) is 5.82 Å². The highest BCUT2D eigenvalue weighted by molar-refractivity contribution is 5.91. The Morgan fingerprint density at radius 2 is 2.07 bits per heavy atom. The summed E-state index contributed by atoms with van der Waals surface area (Å²) in [6, 6.07) is 3.65. The molecule has 4 rings (SSSR count). The van der Waals surface area contributed by atoms with E-state index < -0.39 is 0 Å². The van der Waals surface area contributed by atoms with Crippen LogP contribution in [0, 0.1) is 12.8 Å². The second kappa shape index (κ2) is 8.00. The standard InChI is InChI=1S/C21H29N5O3/c1-13-10-16(29-26-13)11-19(27)22-18-12-17(24-25-18)14-4-3-5-15(7-6-14)20(28)23-21(2)8-9-21/h10,12,14-15H,3-9,11H2,1-2H3,(H,23,28)(H2,22,24,25,27)/t14-,15+/m1/s1. The first-order valence-electron chi connectivity index (χ1n) is 10.5. The largest absolute Gasteiger partial charge is 0.361 e. The molecule has 2 atom stereocenters. The first kappa shape index (κ1) is 19.7. The van der Waals surface area contributed by atoms with E-state index in [1.807, 2.05) is 13.0 Å². The van der Waals surface area contributed by atoms with Crippen molar-refractivity contribution in [1.82, 2.24) is 20.7 Å². The highest BCUT2D eigenvalue weighted by Crippen LogP contribution is 2.37. The van der Waals surface area contributed by atoms with Crippen molar-refractivity contribution < 1.29 is 14.1 Å². The number of aryl methyl sites for hydroxylation is 1. The molecule has 8 nitrogen and oxygen atoms in total. The predicted octanol–water partition coefficient (Wildman–Crippen LogP) is 3.22. The lowest BCUT2D eigenvalue weighted by molar-refractivity contribution is -0.126. The van der Waals surface area contributed by atoms with Gasteiger partial charge in [-0.2, -0.15) is 5.10 Å². The molecule has 2 amide bonds. The van der Waals surface area contributed by atoms with Crippen molar-refractivity contribution in [2.24, 2.45) is 5.92 Å². The van der Waals surface area contributed by atoms with E-state index in [1.165, 1.54) is 0 Å². The van der Waals surface area contributed by atoms with Crippen molar-refractivity contribution >= 4 is 17.6 Å². The summed E-state index contributed by atoms with van der Waals surface area (Å²) < 4.78 is 5.08. The molecule has 2 aliphatic carbocycles. The molecule has 2 aromatic heterocycles. The van der Waals surface area contributed by atoms with Crippen molar-refractivity contribution in [2.45, 2.75) is 76.7 Å². The monoisotopic (exact) mass is 399 g/mol. The Balaban J connectivity index is 1.29. The Labute approximate surface area is 170 Å². The molecule has 8 heteroatoms. The maximum absolute atomic E-state index is 12.5. The molecular formula is C21H29N5O3. The fraction of sp³-hybridized carbons (Fsp3) is 0.619. The fourth-order valence-electron chi connectivity index (χ4n) is 4.04. The zero-order chi connectivity index (χ0) is 20.4. The molecule has 2 heterocycles.